The topological polar surface area (TPSA) is 69.4 Å². The highest BCUT2D eigenvalue weighted by atomic mass is 79.9. The lowest BCUT2D eigenvalue weighted by Gasteiger charge is -2.32. The molecule has 0 aromatic carbocycles. The lowest BCUT2D eigenvalue weighted by molar-refractivity contribution is 0.179. The normalized spacial score (nSPS) is 26.9. The maximum absolute atomic E-state index is 5.73. The van der Waals surface area contributed by atoms with Crippen molar-refractivity contribution >= 4 is 37.8 Å². The molecule has 0 amide bonds. The first kappa shape index (κ1) is 12.3. The van der Waals surface area contributed by atoms with Gasteiger partial charge in [-0.25, -0.2) is 4.99 Å². The molecule has 0 saturated heterocycles. The Bertz CT molecular complexity index is 502. The number of rotatable bonds is 2. The number of nitrogens with one attached hydrogen (secondary N) is 2. The predicted octanol–water partition coefficient (Wildman–Crippen LogP) is 1.52. The van der Waals surface area contributed by atoms with Crippen LogP contribution in [0.25, 0.3) is 0 Å². The average Bonchev–Trinajstić information content (AvgIpc) is 2.83. The van der Waals surface area contributed by atoms with Gasteiger partial charge >= 0.3 is 0 Å². The maximum atomic E-state index is 5.73. The summed E-state index contributed by atoms with van der Waals surface area (Å²) in [4.78, 5) is 9.95. The van der Waals surface area contributed by atoms with E-state index in [-0.39, 0.29) is 12.2 Å². The van der Waals surface area contributed by atoms with Gasteiger partial charge in [0, 0.05) is 23.3 Å². The molecule has 0 aliphatic carbocycles. The highest BCUT2D eigenvalue weighted by Gasteiger charge is 2.33. The minimum Gasteiger partial charge on any atom is -0.370 e. The van der Waals surface area contributed by atoms with Gasteiger partial charge in [0.05, 0.1) is 4.60 Å². The standard InChI is InChI=1S/C11H13Br2N5/c12-7-4-6(15-9(7)13)5-18-3-1-2-8-10(18)17-11(14)16-8/h1-2,4,8,10,15H,3,5H2,(H3,14,16,17). The van der Waals surface area contributed by atoms with E-state index in [0.29, 0.717) is 5.96 Å². The number of H-pyrrole nitrogens is 1. The zero-order chi connectivity index (χ0) is 12.7. The molecule has 5 nitrogen and oxygen atoms in total. The number of aromatic amines is 1. The Morgan fingerprint density at radius 2 is 2.33 bits per heavy atom. The SMILES string of the molecule is NC1=NC2C=CCN(Cc3cc(Br)c(Br)[nH]3)C2N1. The summed E-state index contributed by atoms with van der Waals surface area (Å²) in [6, 6.07) is 2.21. The molecule has 2 unspecified atom stereocenters. The summed E-state index contributed by atoms with van der Waals surface area (Å²) in [5.41, 5.74) is 6.88. The summed E-state index contributed by atoms with van der Waals surface area (Å²) in [6.07, 6.45) is 4.41. The van der Waals surface area contributed by atoms with Gasteiger partial charge in [0.15, 0.2) is 5.96 Å². The van der Waals surface area contributed by atoms with Gasteiger partial charge in [-0.3, -0.25) is 4.90 Å². The summed E-state index contributed by atoms with van der Waals surface area (Å²) in [6.45, 7) is 1.72. The monoisotopic (exact) mass is 373 g/mol. The van der Waals surface area contributed by atoms with E-state index in [0.717, 1.165) is 27.9 Å². The third-order valence-corrected chi connectivity index (χ3v) is 4.91. The van der Waals surface area contributed by atoms with Crippen LogP contribution in [0, 0.1) is 0 Å². The second-order valence-corrected chi connectivity index (χ2v) is 6.06. The highest BCUT2D eigenvalue weighted by Crippen LogP contribution is 2.25. The Balaban J connectivity index is 1.75. The highest BCUT2D eigenvalue weighted by molar-refractivity contribution is 9.13. The molecule has 0 bridgehead atoms. The van der Waals surface area contributed by atoms with Crippen LogP contribution in [0.3, 0.4) is 0 Å². The number of fused-ring (bicyclic) bond motifs is 1. The maximum Gasteiger partial charge on any atom is 0.190 e. The van der Waals surface area contributed by atoms with Crippen LogP contribution in [-0.2, 0) is 6.54 Å². The molecule has 7 heteroatoms. The van der Waals surface area contributed by atoms with E-state index in [2.05, 4.69) is 70.3 Å². The van der Waals surface area contributed by atoms with Gasteiger partial charge in [0.1, 0.15) is 12.2 Å². The van der Waals surface area contributed by atoms with Crippen molar-refractivity contribution in [2.24, 2.45) is 10.7 Å². The van der Waals surface area contributed by atoms with Crippen molar-refractivity contribution in [1.82, 2.24) is 15.2 Å². The fraction of sp³-hybridized carbons (Fsp3) is 0.364. The number of halogens is 2. The average molecular weight is 375 g/mol. The van der Waals surface area contributed by atoms with Crippen molar-refractivity contribution in [1.29, 1.82) is 0 Å². The van der Waals surface area contributed by atoms with Crippen molar-refractivity contribution in [2.75, 3.05) is 6.54 Å². The number of aliphatic imine (C=N–C) groups is 1. The van der Waals surface area contributed by atoms with Crippen molar-refractivity contribution in [3.8, 4) is 0 Å². The smallest absolute Gasteiger partial charge is 0.190 e. The Labute approximate surface area is 122 Å². The van der Waals surface area contributed by atoms with Crippen molar-refractivity contribution in [3.05, 3.63) is 33.0 Å². The minimum atomic E-state index is 0.126. The molecule has 1 aromatic rings. The molecular weight excluding hydrogens is 362 g/mol. The number of aromatic nitrogens is 1. The minimum absolute atomic E-state index is 0.126. The molecular formula is C11H13Br2N5. The van der Waals surface area contributed by atoms with Crippen LogP contribution in [-0.4, -0.2) is 34.6 Å². The van der Waals surface area contributed by atoms with Gasteiger partial charge < -0.3 is 16.0 Å². The van der Waals surface area contributed by atoms with Gasteiger partial charge in [-0.1, -0.05) is 12.2 Å². The van der Waals surface area contributed by atoms with Crippen LogP contribution in [0.5, 0.6) is 0 Å². The number of hydrogen-bond acceptors (Lipinski definition) is 4. The molecule has 3 heterocycles. The number of nitrogens with zero attached hydrogens (tertiary/aromatic N) is 2. The zero-order valence-corrected chi connectivity index (χ0v) is 12.7. The molecule has 1 aromatic heterocycles. The molecule has 4 N–H and O–H groups in total. The van der Waals surface area contributed by atoms with Crippen molar-refractivity contribution < 1.29 is 0 Å². The molecule has 2 aliphatic heterocycles. The lowest BCUT2D eigenvalue weighted by Crippen LogP contribution is -2.51. The van der Waals surface area contributed by atoms with E-state index in [1.807, 2.05) is 0 Å². The van der Waals surface area contributed by atoms with E-state index >= 15 is 0 Å². The molecule has 3 rings (SSSR count). The van der Waals surface area contributed by atoms with Crippen LogP contribution in [0.2, 0.25) is 0 Å². The number of hydrogen-bond donors (Lipinski definition) is 3. The third kappa shape index (κ3) is 2.22. The Morgan fingerprint density at radius 1 is 1.50 bits per heavy atom. The Hall–Kier alpha value is -0.790. The number of guanidine groups is 1. The van der Waals surface area contributed by atoms with Crippen LogP contribution >= 0.6 is 31.9 Å². The summed E-state index contributed by atoms with van der Waals surface area (Å²) in [5.74, 6) is 0.524. The number of nitrogens with two attached hydrogens (primary N) is 1. The Morgan fingerprint density at radius 3 is 3.06 bits per heavy atom. The molecule has 0 spiro atoms. The fourth-order valence-corrected chi connectivity index (χ4v) is 3.07. The van der Waals surface area contributed by atoms with Gasteiger partial charge in [0.2, 0.25) is 0 Å². The third-order valence-electron chi connectivity index (χ3n) is 3.13. The lowest BCUT2D eigenvalue weighted by atomic mass is 10.1. The van der Waals surface area contributed by atoms with E-state index in [4.69, 9.17) is 5.73 Å². The predicted molar refractivity (Wildman–Crippen MR) is 78.1 cm³/mol. The van der Waals surface area contributed by atoms with Gasteiger partial charge in [-0.2, -0.15) is 0 Å². The first-order valence-corrected chi connectivity index (χ1v) is 7.25. The fourth-order valence-electron chi connectivity index (χ4n) is 2.33. The first-order chi connectivity index (χ1) is 8.63. The van der Waals surface area contributed by atoms with Crippen LogP contribution in [0.4, 0.5) is 0 Å². The summed E-state index contributed by atoms with van der Waals surface area (Å²) < 4.78 is 2.01. The second kappa shape index (κ2) is 4.71. The van der Waals surface area contributed by atoms with Crippen LogP contribution in [0.1, 0.15) is 5.69 Å². The largest absolute Gasteiger partial charge is 0.370 e. The van der Waals surface area contributed by atoms with Gasteiger partial charge in [-0.15, -0.1) is 0 Å². The summed E-state index contributed by atoms with van der Waals surface area (Å²) in [5, 5.41) is 3.21. The zero-order valence-electron chi connectivity index (χ0n) is 9.53. The molecule has 0 saturated carbocycles. The summed E-state index contributed by atoms with van der Waals surface area (Å²) >= 11 is 6.93. The molecule has 96 valence electrons. The molecule has 2 aliphatic rings. The van der Waals surface area contributed by atoms with E-state index < -0.39 is 0 Å². The summed E-state index contributed by atoms with van der Waals surface area (Å²) in [7, 11) is 0. The quantitative estimate of drug-likeness (QED) is 0.687. The van der Waals surface area contributed by atoms with Crippen LogP contribution < -0.4 is 11.1 Å². The van der Waals surface area contributed by atoms with Crippen molar-refractivity contribution in [3.63, 3.8) is 0 Å². The van der Waals surface area contributed by atoms with Gasteiger partial charge in [0.25, 0.3) is 0 Å². The molecule has 0 fully saturated rings. The molecule has 2 atom stereocenters. The molecule has 18 heavy (non-hydrogen) atoms. The van der Waals surface area contributed by atoms with Crippen LogP contribution in [0.15, 0.2) is 32.3 Å². The van der Waals surface area contributed by atoms with Gasteiger partial charge in [-0.05, 0) is 37.9 Å². The van der Waals surface area contributed by atoms with E-state index in [1.54, 1.807) is 0 Å². The second-order valence-electron chi connectivity index (χ2n) is 4.41. The van der Waals surface area contributed by atoms with E-state index in [1.165, 1.54) is 0 Å². The van der Waals surface area contributed by atoms with Crippen molar-refractivity contribution in [2.45, 2.75) is 18.8 Å². The Kier molecular flexibility index (Phi) is 3.21. The van der Waals surface area contributed by atoms with E-state index in [9.17, 15) is 0 Å². The first-order valence-electron chi connectivity index (χ1n) is 5.67. The molecule has 0 radical (unpaired) electrons.